The second kappa shape index (κ2) is 5.31. The van der Waals surface area contributed by atoms with Crippen molar-refractivity contribution in [3.63, 3.8) is 0 Å². The molecule has 2 aromatic carbocycles. The molecule has 3 rings (SSSR count). The Kier molecular flexibility index (Phi) is 3.35. The Morgan fingerprint density at radius 3 is 2.70 bits per heavy atom. The number of aliphatic hydroxyl groups is 1. The minimum Gasteiger partial charge on any atom is -0.392 e. The van der Waals surface area contributed by atoms with Gasteiger partial charge in [-0.1, -0.05) is 30.3 Å². The Hall–Kier alpha value is -2.39. The van der Waals surface area contributed by atoms with E-state index in [1.165, 1.54) is 5.56 Å². The summed E-state index contributed by atoms with van der Waals surface area (Å²) in [5.74, 6) is 0. The van der Waals surface area contributed by atoms with Gasteiger partial charge in [-0.15, -0.1) is 6.58 Å². The first kappa shape index (κ1) is 12.6. The molecule has 20 heavy (non-hydrogen) atoms. The Morgan fingerprint density at radius 2 is 2.00 bits per heavy atom. The average Bonchev–Trinajstić information content (AvgIpc) is 3.01. The molecule has 0 aliphatic rings. The Bertz CT molecular complexity index is 732. The fraction of sp³-hybridized carbons (Fsp3) is 0.118. The molecule has 1 atom stereocenters. The van der Waals surface area contributed by atoms with Gasteiger partial charge in [0.1, 0.15) is 0 Å². The van der Waals surface area contributed by atoms with Crippen LogP contribution in [0.2, 0.25) is 0 Å². The molecule has 3 aromatic rings. The molecule has 100 valence electrons. The summed E-state index contributed by atoms with van der Waals surface area (Å²) in [5.41, 5.74) is 2.10. The van der Waals surface area contributed by atoms with Gasteiger partial charge in [-0.3, -0.25) is 0 Å². The molecule has 1 unspecified atom stereocenters. The number of allylic oxidation sites excluding steroid dienone is 1. The van der Waals surface area contributed by atoms with Gasteiger partial charge in [0, 0.05) is 12.4 Å². The van der Waals surface area contributed by atoms with Crippen LogP contribution in [-0.2, 0) is 6.61 Å². The Labute approximate surface area is 117 Å². The summed E-state index contributed by atoms with van der Waals surface area (Å²) in [6.07, 6.45) is 7.41. The summed E-state index contributed by atoms with van der Waals surface area (Å²) in [5, 5.41) is 11.5. The number of benzene rings is 2. The van der Waals surface area contributed by atoms with E-state index in [0.717, 1.165) is 16.3 Å². The molecule has 0 saturated carbocycles. The van der Waals surface area contributed by atoms with Crippen molar-refractivity contribution in [2.45, 2.75) is 12.6 Å². The third-order valence-electron chi connectivity index (χ3n) is 3.52. The standard InChI is InChI=1S/C17H16N2O/c1-2-17(19-8-7-18-12-19)16-6-5-14-9-13(11-20)3-4-15(14)10-16/h2-10,12,17,20H,1,11H2. The van der Waals surface area contributed by atoms with Crippen molar-refractivity contribution in [1.82, 2.24) is 9.55 Å². The van der Waals surface area contributed by atoms with Crippen LogP contribution < -0.4 is 0 Å². The van der Waals surface area contributed by atoms with Crippen LogP contribution in [0.15, 0.2) is 67.8 Å². The molecular weight excluding hydrogens is 248 g/mol. The van der Waals surface area contributed by atoms with E-state index in [-0.39, 0.29) is 12.6 Å². The summed E-state index contributed by atoms with van der Waals surface area (Å²) in [6, 6.07) is 12.4. The Morgan fingerprint density at radius 1 is 1.20 bits per heavy atom. The van der Waals surface area contributed by atoms with Crippen molar-refractivity contribution in [3.8, 4) is 0 Å². The highest BCUT2D eigenvalue weighted by Crippen LogP contribution is 2.24. The Balaban J connectivity index is 2.06. The minimum atomic E-state index is 0.0714. The molecule has 0 amide bonds. The highest BCUT2D eigenvalue weighted by Gasteiger charge is 2.09. The van der Waals surface area contributed by atoms with Crippen LogP contribution in [0, 0.1) is 0 Å². The van der Waals surface area contributed by atoms with E-state index >= 15 is 0 Å². The van der Waals surface area contributed by atoms with E-state index in [4.69, 9.17) is 0 Å². The van der Waals surface area contributed by atoms with E-state index < -0.39 is 0 Å². The van der Waals surface area contributed by atoms with Gasteiger partial charge in [-0.2, -0.15) is 0 Å². The number of aliphatic hydroxyl groups excluding tert-OH is 1. The quantitative estimate of drug-likeness (QED) is 0.734. The number of nitrogens with zero attached hydrogens (tertiary/aromatic N) is 2. The summed E-state index contributed by atoms with van der Waals surface area (Å²) in [6.45, 7) is 3.99. The molecular formula is C17H16N2O. The first-order valence-corrected chi connectivity index (χ1v) is 6.55. The van der Waals surface area contributed by atoms with Gasteiger partial charge in [-0.25, -0.2) is 4.98 Å². The van der Waals surface area contributed by atoms with E-state index in [1.807, 2.05) is 35.0 Å². The zero-order valence-electron chi connectivity index (χ0n) is 11.1. The van der Waals surface area contributed by atoms with Crippen LogP contribution in [0.1, 0.15) is 17.2 Å². The van der Waals surface area contributed by atoms with Crippen LogP contribution >= 0.6 is 0 Å². The van der Waals surface area contributed by atoms with Crippen LogP contribution in [-0.4, -0.2) is 14.7 Å². The van der Waals surface area contributed by atoms with E-state index in [9.17, 15) is 5.11 Å². The zero-order valence-corrected chi connectivity index (χ0v) is 11.1. The van der Waals surface area contributed by atoms with Crippen molar-refractivity contribution in [3.05, 3.63) is 78.9 Å². The molecule has 3 heteroatoms. The molecule has 0 saturated heterocycles. The predicted octanol–water partition coefficient (Wildman–Crippen LogP) is 3.30. The molecule has 0 spiro atoms. The number of rotatable bonds is 4. The lowest BCUT2D eigenvalue weighted by Gasteiger charge is -2.15. The zero-order chi connectivity index (χ0) is 13.9. The first-order valence-electron chi connectivity index (χ1n) is 6.55. The maximum Gasteiger partial charge on any atom is 0.0954 e. The third-order valence-corrected chi connectivity index (χ3v) is 3.52. The number of imidazole rings is 1. The summed E-state index contributed by atoms with van der Waals surface area (Å²) >= 11 is 0. The lowest BCUT2D eigenvalue weighted by molar-refractivity contribution is 0.282. The van der Waals surface area contributed by atoms with Gasteiger partial charge >= 0.3 is 0 Å². The van der Waals surface area contributed by atoms with Crippen molar-refractivity contribution in [1.29, 1.82) is 0 Å². The lowest BCUT2D eigenvalue weighted by Crippen LogP contribution is -2.05. The summed E-state index contributed by atoms with van der Waals surface area (Å²) in [7, 11) is 0. The number of fused-ring (bicyclic) bond motifs is 1. The topological polar surface area (TPSA) is 38.0 Å². The largest absolute Gasteiger partial charge is 0.392 e. The van der Waals surface area contributed by atoms with Crippen molar-refractivity contribution >= 4 is 10.8 Å². The van der Waals surface area contributed by atoms with Gasteiger partial charge in [0.25, 0.3) is 0 Å². The van der Waals surface area contributed by atoms with E-state index in [0.29, 0.717) is 0 Å². The lowest BCUT2D eigenvalue weighted by atomic mass is 10.0. The molecule has 1 N–H and O–H groups in total. The third kappa shape index (κ3) is 2.24. The van der Waals surface area contributed by atoms with Gasteiger partial charge in [0.05, 0.1) is 19.0 Å². The van der Waals surface area contributed by atoms with Gasteiger partial charge < -0.3 is 9.67 Å². The molecule has 1 heterocycles. The van der Waals surface area contributed by atoms with Gasteiger partial charge in [-0.05, 0) is 34.0 Å². The SMILES string of the molecule is C=CC(c1ccc2cc(CO)ccc2c1)n1ccnc1. The normalized spacial score (nSPS) is 12.4. The second-order valence-electron chi connectivity index (χ2n) is 4.79. The number of hydrogen-bond acceptors (Lipinski definition) is 2. The monoisotopic (exact) mass is 264 g/mol. The maximum atomic E-state index is 9.18. The fourth-order valence-corrected chi connectivity index (χ4v) is 2.46. The van der Waals surface area contributed by atoms with E-state index in [2.05, 4.69) is 29.8 Å². The summed E-state index contributed by atoms with van der Waals surface area (Å²) in [4.78, 5) is 4.09. The predicted molar refractivity (Wildman–Crippen MR) is 80.4 cm³/mol. The second-order valence-corrected chi connectivity index (χ2v) is 4.79. The number of hydrogen-bond donors (Lipinski definition) is 1. The molecule has 1 aromatic heterocycles. The van der Waals surface area contributed by atoms with Crippen molar-refractivity contribution in [2.24, 2.45) is 0 Å². The molecule has 3 nitrogen and oxygen atoms in total. The van der Waals surface area contributed by atoms with Crippen LogP contribution in [0.25, 0.3) is 10.8 Å². The molecule has 0 radical (unpaired) electrons. The smallest absolute Gasteiger partial charge is 0.0954 e. The minimum absolute atomic E-state index is 0.0714. The molecule has 0 aliphatic heterocycles. The highest BCUT2D eigenvalue weighted by molar-refractivity contribution is 5.84. The van der Waals surface area contributed by atoms with Crippen molar-refractivity contribution < 1.29 is 5.11 Å². The van der Waals surface area contributed by atoms with Crippen LogP contribution in [0.4, 0.5) is 0 Å². The van der Waals surface area contributed by atoms with Crippen LogP contribution in [0.5, 0.6) is 0 Å². The molecule has 0 aliphatic carbocycles. The van der Waals surface area contributed by atoms with Crippen LogP contribution in [0.3, 0.4) is 0 Å². The van der Waals surface area contributed by atoms with Gasteiger partial charge in [0.2, 0.25) is 0 Å². The van der Waals surface area contributed by atoms with Crippen molar-refractivity contribution in [2.75, 3.05) is 0 Å². The number of aromatic nitrogens is 2. The van der Waals surface area contributed by atoms with Gasteiger partial charge in [0.15, 0.2) is 0 Å². The van der Waals surface area contributed by atoms with E-state index in [1.54, 1.807) is 12.5 Å². The first-order chi connectivity index (χ1) is 9.81. The molecule has 0 fully saturated rings. The highest BCUT2D eigenvalue weighted by atomic mass is 16.3. The fourth-order valence-electron chi connectivity index (χ4n) is 2.46. The maximum absolute atomic E-state index is 9.18. The molecule has 0 bridgehead atoms. The summed E-state index contributed by atoms with van der Waals surface area (Å²) < 4.78 is 2.02. The average molecular weight is 264 g/mol.